The molecule has 0 N–H and O–H groups in total. The predicted octanol–water partition coefficient (Wildman–Crippen LogP) is 17.7. The minimum absolute atomic E-state index is 0.306. The lowest BCUT2D eigenvalue weighted by atomic mass is 9.64. The maximum atomic E-state index is 6.09. The van der Waals surface area contributed by atoms with Gasteiger partial charge in [0, 0.05) is 42.8 Å². The van der Waals surface area contributed by atoms with Crippen LogP contribution in [0.25, 0.3) is 0 Å². The molecule has 1 aliphatic carbocycles. The van der Waals surface area contributed by atoms with Crippen LogP contribution in [0.1, 0.15) is 265 Å². The smallest absolute Gasteiger partial charge is 0.0628 e. The molecule has 0 spiro atoms. The van der Waals surface area contributed by atoms with Crippen LogP contribution in [0, 0.1) is 61.6 Å². The maximum Gasteiger partial charge on any atom is 0.0628 e. The Morgan fingerprint density at radius 1 is 0.265 bits per heavy atom. The molecule has 0 bridgehead atoms. The summed E-state index contributed by atoms with van der Waals surface area (Å²) in [6.07, 6.45) is 13.6. The second-order valence-electron chi connectivity index (χ2n) is 33.3. The normalized spacial score (nSPS) is 27.4. The number of hydrogen-bond donors (Lipinski definition) is 0. The first kappa shape index (κ1) is 65.8. The fraction of sp³-hybridized carbons (Fsp3) is 1.00. The number of piperazine rings is 1. The largest absolute Gasteiger partial charge is 0.377 e. The van der Waals surface area contributed by atoms with E-state index >= 15 is 0 Å². The molecule has 5 heteroatoms. The Bertz CT molecular complexity index is 1120. The Labute approximate surface area is 430 Å². The van der Waals surface area contributed by atoms with Crippen molar-refractivity contribution < 1.29 is 9.47 Å². The maximum absolute atomic E-state index is 6.09. The standard InChI is InChI=1S/C14H28.C13H27N.C12H26N2.2C12H24O/c1-13(2,3)11-7-9-12(10-8-11)14(4,5)6;1-12(2,3)11-7-9-14(10-8-11)13(4,5)6;1-11(2,3)13-7-9-14(10-8-13)12(4,5)6;1-11(2,3)9-7-10(13-8-9)12(4,5)6;1-11(2,3)9-7-8-10(13-9)12(4,5)6/h11-12H,7-10H2,1-6H3;11H,7-10H2,1-6H3;7-10H2,1-6H3;2*9-10H,7-8H2,1-6H3. The number of rotatable bonds is 0. The average molecular weight is 961 g/mol. The van der Waals surface area contributed by atoms with Crippen LogP contribution >= 0.6 is 0 Å². The van der Waals surface area contributed by atoms with E-state index in [1.807, 2.05) is 0 Å². The zero-order chi connectivity index (χ0) is 53.5. The summed E-state index contributed by atoms with van der Waals surface area (Å²) in [5, 5.41) is 0. The van der Waals surface area contributed by atoms with Crippen LogP contribution in [0.5, 0.6) is 0 Å². The van der Waals surface area contributed by atoms with Gasteiger partial charge < -0.3 is 9.47 Å². The Balaban J connectivity index is 0.000000425. The van der Waals surface area contributed by atoms with Crippen LogP contribution in [-0.4, -0.2) is 95.5 Å². The van der Waals surface area contributed by atoms with E-state index in [1.54, 1.807) is 0 Å². The van der Waals surface area contributed by atoms with Crippen LogP contribution < -0.4 is 0 Å². The van der Waals surface area contributed by atoms with E-state index < -0.39 is 0 Å². The molecule has 4 saturated heterocycles. The molecule has 0 aromatic heterocycles. The number of piperidine rings is 1. The Kier molecular flexibility index (Phi) is 24.1. The minimum atomic E-state index is 0.306. The van der Waals surface area contributed by atoms with E-state index in [-0.39, 0.29) is 0 Å². The third kappa shape index (κ3) is 23.8. The molecule has 0 aromatic carbocycles. The van der Waals surface area contributed by atoms with Crippen molar-refractivity contribution in [2.45, 2.75) is 300 Å². The summed E-state index contributed by atoms with van der Waals surface area (Å²) >= 11 is 0. The zero-order valence-electron chi connectivity index (χ0n) is 52.5. The quantitative estimate of drug-likeness (QED) is 0.241. The van der Waals surface area contributed by atoms with Crippen molar-refractivity contribution >= 4 is 0 Å². The third-order valence-corrected chi connectivity index (χ3v) is 17.2. The van der Waals surface area contributed by atoms with Gasteiger partial charge in [0.05, 0.1) is 24.9 Å². The highest BCUT2D eigenvalue weighted by Crippen LogP contribution is 2.46. The van der Waals surface area contributed by atoms with E-state index in [0.717, 1.165) is 30.3 Å². The molecular weight excluding hydrogens is 831 g/mol. The molecule has 5 rings (SSSR count). The van der Waals surface area contributed by atoms with E-state index in [1.165, 1.54) is 97.1 Å². The third-order valence-electron chi connectivity index (χ3n) is 17.2. The number of ether oxygens (including phenoxy) is 2. The van der Waals surface area contributed by atoms with Crippen LogP contribution in [-0.2, 0) is 9.47 Å². The van der Waals surface area contributed by atoms with Gasteiger partial charge in [0.25, 0.3) is 0 Å². The summed E-state index contributed by atoms with van der Waals surface area (Å²) in [5.41, 5.74) is 3.92. The second-order valence-corrected chi connectivity index (χ2v) is 33.3. The highest BCUT2D eigenvalue weighted by atomic mass is 16.5. The van der Waals surface area contributed by atoms with Crippen LogP contribution in [0.4, 0.5) is 0 Å². The molecule has 5 aliphatic rings. The van der Waals surface area contributed by atoms with Crippen molar-refractivity contribution in [2.24, 2.45) is 61.6 Å². The molecule has 68 heavy (non-hydrogen) atoms. The van der Waals surface area contributed by atoms with Crippen LogP contribution in [0.15, 0.2) is 0 Å². The first-order chi connectivity index (χ1) is 30.1. The lowest BCUT2D eigenvalue weighted by Gasteiger charge is -2.46. The van der Waals surface area contributed by atoms with Crippen molar-refractivity contribution in [3.05, 3.63) is 0 Å². The van der Waals surface area contributed by atoms with Gasteiger partial charge in [0.1, 0.15) is 0 Å². The lowest BCUT2D eigenvalue weighted by Crippen LogP contribution is -2.57. The van der Waals surface area contributed by atoms with Crippen LogP contribution in [0.3, 0.4) is 0 Å². The molecule has 4 unspecified atom stereocenters. The molecule has 408 valence electrons. The lowest BCUT2D eigenvalue weighted by molar-refractivity contribution is -0.0568. The molecule has 0 radical (unpaired) electrons. The molecule has 4 heterocycles. The van der Waals surface area contributed by atoms with Crippen molar-refractivity contribution in [2.75, 3.05) is 45.9 Å². The van der Waals surface area contributed by atoms with Crippen molar-refractivity contribution in [1.82, 2.24) is 14.7 Å². The summed E-state index contributed by atoms with van der Waals surface area (Å²) in [5.74, 6) is 3.57. The van der Waals surface area contributed by atoms with E-state index in [4.69, 9.17) is 9.47 Å². The highest BCUT2D eigenvalue weighted by molar-refractivity contribution is 4.91. The van der Waals surface area contributed by atoms with Crippen molar-refractivity contribution in [3.63, 3.8) is 0 Å². The summed E-state index contributed by atoms with van der Waals surface area (Å²) in [4.78, 5) is 7.78. The minimum Gasteiger partial charge on any atom is -0.377 e. The number of likely N-dealkylation sites (tertiary alicyclic amines) is 1. The number of nitrogens with zero attached hydrogens (tertiary/aromatic N) is 3. The highest BCUT2D eigenvalue weighted by Gasteiger charge is 2.41. The van der Waals surface area contributed by atoms with Crippen LogP contribution in [0.2, 0.25) is 0 Å². The Morgan fingerprint density at radius 2 is 0.515 bits per heavy atom. The fourth-order valence-corrected chi connectivity index (χ4v) is 11.0. The van der Waals surface area contributed by atoms with Gasteiger partial charge in [-0.05, 0) is 195 Å². The van der Waals surface area contributed by atoms with Crippen molar-refractivity contribution in [3.8, 4) is 0 Å². The molecule has 0 aromatic rings. The first-order valence-corrected chi connectivity index (χ1v) is 28.6. The summed E-state index contributed by atoms with van der Waals surface area (Å²) < 4.78 is 11.9. The average Bonchev–Trinajstić information content (AvgIpc) is 3.87. The van der Waals surface area contributed by atoms with E-state index in [2.05, 4.69) is 222 Å². The van der Waals surface area contributed by atoms with Gasteiger partial charge in [-0.2, -0.15) is 0 Å². The summed E-state index contributed by atoms with van der Waals surface area (Å²) in [6, 6.07) is 0. The topological polar surface area (TPSA) is 28.2 Å². The SMILES string of the molecule is CC(C)(C)C1CCC(C(C)(C)C)CC1.CC(C)(C)C1CCC(C(C)(C)C)O1.CC(C)(C)C1CCN(C(C)(C)C)CC1.CC(C)(C)C1COC(C(C)(C)C)C1.CC(C)(C)N1CCN(C(C)(C)C)CC1. The Morgan fingerprint density at radius 3 is 0.706 bits per heavy atom. The van der Waals surface area contributed by atoms with E-state index in [9.17, 15) is 0 Å². The summed E-state index contributed by atoms with van der Waals surface area (Å²) in [6.45, 7) is 78.0. The van der Waals surface area contributed by atoms with Gasteiger partial charge in [-0.1, -0.05) is 145 Å². The molecule has 5 fully saturated rings. The second kappa shape index (κ2) is 24.9. The molecule has 4 aliphatic heterocycles. The first-order valence-electron chi connectivity index (χ1n) is 28.6. The molecular formula is C63H129N3O2. The Hall–Kier alpha value is -0.200. The van der Waals surface area contributed by atoms with Gasteiger partial charge in [-0.3, -0.25) is 14.7 Å². The monoisotopic (exact) mass is 960 g/mol. The van der Waals surface area contributed by atoms with Gasteiger partial charge in [-0.25, -0.2) is 0 Å². The fourth-order valence-electron chi connectivity index (χ4n) is 11.0. The molecule has 4 atom stereocenters. The number of hydrogen-bond acceptors (Lipinski definition) is 5. The molecule has 5 nitrogen and oxygen atoms in total. The molecule has 0 amide bonds. The summed E-state index contributed by atoms with van der Waals surface area (Å²) in [7, 11) is 0. The van der Waals surface area contributed by atoms with Gasteiger partial charge in [0.15, 0.2) is 0 Å². The van der Waals surface area contributed by atoms with Crippen molar-refractivity contribution in [1.29, 1.82) is 0 Å². The van der Waals surface area contributed by atoms with E-state index in [0.29, 0.717) is 72.8 Å². The predicted molar refractivity (Wildman–Crippen MR) is 304 cm³/mol. The van der Waals surface area contributed by atoms with Gasteiger partial charge in [-0.15, -0.1) is 0 Å². The molecule has 1 saturated carbocycles. The van der Waals surface area contributed by atoms with Gasteiger partial charge >= 0.3 is 0 Å². The zero-order valence-corrected chi connectivity index (χ0v) is 52.5. The van der Waals surface area contributed by atoms with Gasteiger partial charge in [0.2, 0.25) is 0 Å².